The van der Waals surface area contributed by atoms with Gasteiger partial charge in [-0.2, -0.15) is 0 Å². The summed E-state index contributed by atoms with van der Waals surface area (Å²) in [7, 11) is 3.86. The molecular weight excluding hydrogens is 636 g/mol. The van der Waals surface area contributed by atoms with Crippen molar-refractivity contribution in [1.29, 1.82) is 0 Å². The molecule has 0 saturated heterocycles. The lowest BCUT2D eigenvalue weighted by Crippen LogP contribution is -2.52. The number of nitrogens with two attached hydrogens (primary N) is 3. The molecule has 2 unspecified atom stereocenters. The first kappa shape index (κ1) is 32.7. The quantitative estimate of drug-likeness (QED) is 0.127. The highest BCUT2D eigenvalue weighted by Gasteiger charge is 2.49. The number of Topliss-reactive ketones (excluding diaryl/α,β-unsaturated/α-hetero) is 1. The molecular formula is C35H37ClN6O4S. The van der Waals surface area contributed by atoms with Crippen LogP contribution in [0.15, 0.2) is 72.8 Å². The van der Waals surface area contributed by atoms with Gasteiger partial charge >= 0.3 is 0 Å². The lowest BCUT2D eigenvalue weighted by Gasteiger charge is -2.36. The maximum Gasteiger partial charge on any atom is 0.261 e. The van der Waals surface area contributed by atoms with Crippen molar-refractivity contribution in [1.82, 2.24) is 15.5 Å². The maximum atomic E-state index is 14.2. The summed E-state index contributed by atoms with van der Waals surface area (Å²) in [6.07, 6.45) is 5.37. The minimum Gasteiger partial charge on any atom is -0.456 e. The van der Waals surface area contributed by atoms with Crippen molar-refractivity contribution in [2.24, 2.45) is 11.5 Å². The number of carbonyl (C=O) groups is 3. The second-order valence-electron chi connectivity index (χ2n) is 12.3. The molecule has 1 aromatic heterocycles. The molecule has 2 aliphatic carbocycles. The predicted molar refractivity (Wildman–Crippen MR) is 186 cm³/mol. The van der Waals surface area contributed by atoms with E-state index in [0.29, 0.717) is 68.2 Å². The number of hydrogen-bond acceptors (Lipinski definition) is 9. The summed E-state index contributed by atoms with van der Waals surface area (Å²) in [4.78, 5) is 42.6. The lowest BCUT2D eigenvalue weighted by atomic mass is 9.70. The van der Waals surface area contributed by atoms with Gasteiger partial charge in [-0.3, -0.25) is 14.4 Å². The van der Waals surface area contributed by atoms with Crippen LogP contribution in [0, 0.1) is 0 Å². The van der Waals surface area contributed by atoms with Gasteiger partial charge in [0.15, 0.2) is 5.78 Å². The molecule has 3 aromatic carbocycles. The minimum absolute atomic E-state index is 0.0576. The predicted octanol–water partition coefficient (Wildman–Crippen LogP) is 4.60. The Balaban J connectivity index is 1.27. The number of nitrogens with zero attached hydrogens (tertiary/aromatic N) is 1. The highest BCUT2D eigenvalue weighted by molar-refractivity contribution is 7.21. The standard InChI is InChI=1S/C35H37ClN6O4S/c1-42(2)16-6-9-27(43)40-20-11-12-21(18-20)41-34(45)32-29-28-23(13-14-25(37)31(28)47-32)35(39,33(44)30(29)38)19-10-15-26(24(36)17-19)46-22-7-4-3-5-8-22/h3-10,13-15,17,20-21,30H,11-12,16,18,37-39H2,1-2H3,(H,40,43)(H,41,45)/b9-6+/t20-,21+,30?,35?/m1/s1. The van der Waals surface area contributed by atoms with Crippen molar-refractivity contribution < 1.29 is 19.1 Å². The normalized spacial score (nSPS) is 22.3. The van der Waals surface area contributed by atoms with Gasteiger partial charge in [-0.15, -0.1) is 11.3 Å². The summed E-state index contributed by atoms with van der Waals surface area (Å²) >= 11 is 7.85. The third-order valence-corrected chi connectivity index (χ3v) is 10.3. The number of rotatable bonds is 9. The molecule has 1 fully saturated rings. The fourth-order valence-electron chi connectivity index (χ4n) is 6.41. The molecule has 0 bridgehead atoms. The van der Waals surface area contributed by atoms with Gasteiger partial charge in [0.25, 0.3) is 5.91 Å². The number of nitrogens with one attached hydrogen (secondary N) is 2. The van der Waals surface area contributed by atoms with Crippen LogP contribution >= 0.6 is 22.9 Å². The molecule has 2 amide bonds. The first-order chi connectivity index (χ1) is 22.5. The van der Waals surface area contributed by atoms with E-state index in [0.717, 1.165) is 6.42 Å². The average Bonchev–Trinajstić information content (AvgIpc) is 3.66. The van der Waals surface area contributed by atoms with Gasteiger partial charge in [0.05, 0.1) is 20.6 Å². The minimum atomic E-state index is -1.65. The number of amides is 2. The molecule has 1 heterocycles. The zero-order valence-corrected chi connectivity index (χ0v) is 27.7. The number of halogens is 1. The molecule has 12 heteroatoms. The second kappa shape index (κ2) is 13.1. The van der Waals surface area contributed by atoms with Crippen LogP contribution in [0.4, 0.5) is 5.69 Å². The van der Waals surface area contributed by atoms with Crippen LogP contribution < -0.4 is 32.6 Å². The van der Waals surface area contributed by atoms with Crippen LogP contribution in [0.5, 0.6) is 11.5 Å². The summed E-state index contributed by atoms with van der Waals surface area (Å²) in [5.74, 6) is 0.0509. The Morgan fingerprint density at radius 1 is 1.09 bits per heavy atom. The SMILES string of the molecule is CN(C)C/C=C/C(=O)N[C@@H]1CC[C@H](NC(=O)c2sc3c(N)ccc4c3c2C(N)C(=O)C4(N)c2ccc(Oc3ccccc3)c(Cl)c2)C1. The fraction of sp³-hybridized carbons (Fsp3) is 0.286. The van der Waals surface area contributed by atoms with Crippen LogP contribution in [0.3, 0.4) is 0 Å². The van der Waals surface area contributed by atoms with Crippen molar-refractivity contribution in [2.45, 2.75) is 42.9 Å². The van der Waals surface area contributed by atoms with E-state index in [-0.39, 0.29) is 28.9 Å². The highest BCUT2D eigenvalue weighted by Crippen LogP contribution is 2.50. The second-order valence-corrected chi connectivity index (χ2v) is 13.7. The smallest absolute Gasteiger partial charge is 0.261 e. The molecule has 1 saturated carbocycles. The van der Waals surface area contributed by atoms with Crippen LogP contribution in [-0.4, -0.2) is 55.2 Å². The molecule has 244 valence electrons. The molecule has 2 aliphatic rings. The van der Waals surface area contributed by atoms with Gasteiger partial charge in [0.1, 0.15) is 17.0 Å². The van der Waals surface area contributed by atoms with Crippen molar-refractivity contribution in [3.63, 3.8) is 0 Å². The van der Waals surface area contributed by atoms with Gasteiger partial charge in [0.2, 0.25) is 5.91 Å². The Morgan fingerprint density at radius 2 is 1.81 bits per heavy atom. The van der Waals surface area contributed by atoms with Crippen LogP contribution in [0.1, 0.15) is 51.7 Å². The molecule has 47 heavy (non-hydrogen) atoms. The summed E-state index contributed by atoms with van der Waals surface area (Å²) < 4.78 is 6.56. The highest BCUT2D eigenvalue weighted by atomic mass is 35.5. The zero-order valence-electron chi connectivity index (χ0n) is 26.1. The molecule has 0 spiro atoms. The van der Waals surface area contributed by atoms with Gasteiger partial charge in [-0.25, -0.2) is 0 Å². The van der Waals surface area contributed by atoms with Crippen LogP contribution in [0.25, 0.3) is 10.1 Å². The van der Waals surface area contributed by atoms with Gasteiger partial charge in [-0.05, 0) is 74.8 Å². The Bertz CT molecular complexity index is 1890. The van der Waals surface area contributed by atoms with Crippen molar-refractivity contribution >= 4 is 56.3 Å². The number of likely N-dealkylation sites (N-methyl/N-ethyl adjacent to an activating group) is 1. The molecule has 8 N–H and O–H groups in total. The fourth-order valence-corrected chi connectivity index (χ4v) is 7.83. The van der Waals surface area contributed by atoms with Crippen molar-refractivity contribution in [3.8, 4) is 11.5 Å². The first-order valence-corrected chi connectivity index (χ1v) is 16.6. The van der Waals surface area contributed by atoms with E-state index in [1.54, 1.807) is 36.4 Å². The van der Waals surface area contributed by atoms with Gasteiger partial charge < -0.3 is 37.5 Å². The Kier molecular flexibility index (Phi) is 9.10. The third-order valence-electron chi connectivity index (χ3n) is 8.73. The number of para-hydroxylation sites is 1. The van der Waals surface area contributed by atoms with E-state index in [1.807, 2.05) is 49.3 Å². The average molecular weight is 673 g/mol. The number of benzene rings is 3. The van der Waals surface area contributed by atoms with Crippen LogP contribution in [-0.2, 0) is 15.1 Å². The number of nitrogen functional groups attached to an aromatic ring is 1. The number of ether oxygens (including phenoxy) is 1. The van der Waals surface area contributed by atoms with E-state index in [4.69, 9.17) is 33.5 Å². The van der Waals surface area contributed by atoms with Crippen LogP contribution in [0.2, 0.25) is 5.02 Å². The molecule has 6 rings (SSSR count). The number of hydrogen-bond donors (Lipinski definition) is 5. The Hall–Kier alpha value is -4.26. The molecule has 4 atom stereocenters. The van der Waals surface area contributed by atoms with E-state index in [1.165, 1.54) is 17.4 Å². The largest absolute Gasteiger partial charge is 0.456 e. The summed E-state index contributed by atoms with van der Waals surface area (Å²) in [5.41, 5.74) is 20.2. The summed E-state index contributed by atoms with van der Waals surface area (Å²) in [6, 6.07) is 16.2. The number of carbonyl (C=O) groups excluding carboxylic acids is 3. The monoisotopic (exact) mass is 672 g/mol. The first-order valence-electron chi connectivity index (χ1n) is 15.4. The molecule has 10 nitrogen and oxygen atoms in total. The topological polar surface area (TPSA) is 166 Å². The lowest BCUT2D eigenvalue weighted by molar-refractivity contribution is -0.124. The van der Waals surface area contributed by atoms with Crippen molar-refractivity contribution in [2.75, 3.05) is 26.4 Å². The maximum absolute atomic E-state index is 14.2. The number of thiophene rings is 1. The Morgan fingerprint density at radius 3 is 2.51 bits per heavy atom. The molecule has 0 radical (unpaired) electrons. The zero-order chi connectivity index (χ0) is 33.5. The van der Waals surface area contributed by atoms with E-state index in [9.17, 15) is 14.4 Å². The van der Waals surface area contributed by atoms with E-state index >= 15 is 0 Å². The molecule has 4 aromatic rings. The Labute approximate surface area is 281 Å². The van der Waals surface area contributed by atoms with Gasteiger partial charge in [0, 0.05) is 41.3 Å². The molecule has 0 aliphatic heterocycles. The summed E-state index contributed by atoms with van der Waals surface area (Å²) in [6.45, 7) is 0.667. The number of anilines is 1. The third kappa shape index (κ3) is 6.24. The van der Waals surface area contributed by atoms with E-state index < -0.39 is 17.4 Å². The van der Waals surface area contributed by atoms with Gasteiger partial charge in [-0.1, -0.05) is 48.0 Å². The summed E-state index contributed by atoms with van der Waals surface area (Å²) in [5, 5.41) is 7.00. The van der Waals surface area contributed by atoms with E-state index in [2.05, 4.69) is 10.6 Å². The number of ketones is 1. The van der Waals surface area contributed by atoms with Crippen molar-refractivity contribution in [3.05, 3.63) is 99.4 Å².